The third-order valence-corrected chi connectivity index (χ3v) is 7.88. The monoisotopic (exact) mass is 615 g/mol. The van der Waals surface area contributed by atoms with E-state index in [-0.39, 0.29) is 13.0 Å². The Hall–Kier alpha value is -3.28. The minimum absolute atomic E-state index is 0.0781. The Kier molecular flexibility index (Phi) is 10.1. The van der Waals surface area contributed by atoms with Crippen LogP contribution in [0.4, 0.5) is 18.9 Å². The zero-order valence-electron chi connectivity index (χ0n) is 21.5. The largest absolute Gasteiger partial charge is 0.417 e. The fraction of sp³-hybridized carbons (Fsp3) is 0.259. The summed E-state index contributed by atoms with van der Waals surface area (Å²) in [5.41, 5.74) is -0.463. The van der Waals surface area contributed by atoms with Crippen molar-refractivity contribution in [1.29, 1.82) is 0 Å². The number of sulfonamides is 1. The van der Waals surface area contributed by atoms with Gasteiger partial charge < -0.3 is 10.2 Å². The zero-order chi connectivity index (χ0) is 29.7. The lowest BCUT2D eigenvalue weighted by Crippen LogP contribution is -2.53. The number of carbonyl (C=O) groups is 2. The first-order chi connectivity index (χ1) is 18.7. The molecule has 3 aromatic rings. The molecule has 3 aromatic carbocycles. The first-order valence-corrected chi connectivity index (χ1v) is 14.5. The van der Waals surface area contributed by atoms with Gasteiger partial charge >= 0.3 is 6.18 Å². The molecule has 214 valence electrons. The van der Waals surface area contributed by atoms with Gasteiger partial charge in [0.1, 0.15) is 12.6 Å². The number of carbonyl (C=O) groups excluding carboxylic acids is 2. The van der Waals surface area contributed by atoms with Crippen molar-refractivity contribution < 1.29 is 31.2 Å². The molecule has 2 amide bonds. The number of nitrogens with one attached hydrogen (secondary N) is 1. The predicted octanol–water partition coefficient (Wildman–Crippen LogP) is 5.16. The molecule has 0 aliphatic carbocycles. The number of halogens is 5. The highest BCUT2D eigenvalue weighted by Gasteiger charge is 2.36. The molecule has 1 N–H and O–H groups in total. The Morgan fingerprint density at radius 1 is 0.950 bits per heavy atom. The number of anilines is 1. The van der Waals surface area contributed by atoms with E-state index in [0.717, 1.165) is 24.0 Å². The summed E-state index contributed by atoms with van der Waals surface area (Å²) in [4.78, 5) is 28.1. The summed E-state index contributed by atoms with van der Waals surface area (Å²) in [7, 11) is -2.87. The molecule has 3 rings (SSSR count). The Morgan fingerprint density at radius 2 is 1.57 bits per heavy atom. The van der Waals surface area contributed by atoms with Gasteiger partial charge in [0, 0.05) is 25.0 Å². The molecule has 0 aliphatic heterocycles. The van der Waals surface area contributed by atoms with E-state index in [9.17, 15) is 31.2 Å². The topological polar surface area (TPSA) is 86.8 Å². The van der Waals surface area contributed by atoms with Crippen LogP contribution in [0, 0.1) is 0 Å². The number of amides is 2. The summed E-state index contributed by atoms with van der Waals surface area (Å²) >= 11 is 12.0. The van der Waals surface area contributed by atoms with E-state index in [2.05, 4.69) is 5.32 Å². The van der Waals surface area contributed by atoms with Crippen molar-refractivity contribution in [3.63, 3.8) is 0 Å². The molecule has 0 aromatic heterocycles. The average Bonchev–Trinajstić information content (AvgIpc) is 2.89. The molecule has 0 aliphatic rings. The second-order valence-electron chi connectivity index (χ2n) is 8.86. The lowest BCUT2D eigenvalue weighted by atomic mass is 10.0. The van der Waals surface area contributed by atoms with Crippen LogP contribution in [0.5, 0.6) is 0 Å². The van der Waals surface area contributed by atoms with Crippen molar-refractivity contribution in [2.24, 2.45) is 0 Å². The maximum absolute atomic E-state index is 13.8. The Labute approximate surface area is 240 Å². The molecular formula is C27H26Cl2F3N3O4S. The van der Waals surface area contributed by atoms with Crippen LogP contribution in [-0.2, 0) is 38.8 Å². The van der Waals surface area contributed by atoms with Crippen LogP contribution in [0.1, 0.15) is 16.7 Å². The molecule has 0 fully saturated rings. The van der Waals surface area contributed by atoms with Crippen LogP contribution in [0.3, 0.4) is 0 Å². The first kappa shape index (κ1) is 31.3. The molecule has 7 nitrogen and oxygen atoms in total. The van der Waals surface area contributed by atoms with Crippen molar-refractivity contribution in [1.82, 2.24) is 10.2 Å². The van der Waals surface area contributed by atoms with E-state index in [1.54, 1.807) is 54.6 Å². The van der Waals surface area contributed by atoms with Crippen LogP contribution < -0.4 is 9.62 Å². The Balaban J connectivity index is 2.08. The summed E-state index contributed by atoms with van der Waals surface area (Å²) in [6.45, 7) is -1.06. The van der Waals surface area contributed by atoms with E-state index in [0.29, 0.717) is 21.0 Å². The summed E-state index contributed by atoms with van der Waals surface area (Å²) in [5, 5.41) is 2.21. The number of likely N-dealkylation sites (N-methyl/N-ethyl adjacent to an activating group) is 1. The van der Waals surface area contributed by atoms with Gasteiger partial charge in [0.15, 0.2) is 0 Å². The summed E-state index contributed by atoms with van der Waals surface area (Å²) < 4.78 is 66.6. The SMILES string of the molecule is CNC(=O)[C@@H](Cc1ccccc1)N(Cc1ccccc1Cl)C(=O)CN(c1ccc(Cl)c(C(F)(F)F)c1)S(C)(=O)=O. The fourth-order valence-corrected chi connectivity index (χ4v) is 5.29. The second-order valence-corrected chi connectivity index (χ2v) is 11.6. The van der Waals surface area contributed by atoms with E-state index in [1.807, 2.05) is 0 Å². The maximum atomic E-state index is 13.8. The molecule has 0 bridgehead atoms. The van der Waals surface area contributed by atoms with Gasteiger partial charge in [0.2, 0.25) is 21.8 Å². The average molecular weight is 616 g/mol. The van der Waals surface area contributed by atoms with Crippen LogP contribution >= 0.6 is 23.2 Å². The zero-order valence-corrected chi connectivity index (χ0v) is 23.8. The summed E-state index contributed by atoms with van der Waals surface area (Å²) in [6.07, 6.45) is -4.02. The van der Waals surface area contributed by atoms with Gasteiger partial charge in [-0.3, -0.25) is 13.9 Å². The Bertz CT molecular complexity index is 1470. The third-order valence-electron chi connectivity index (χ3n) is 6.04. The molecule has 0 heterocycles. The number of hydrogen-bond acceptors (Lipinski definition) is 4. The van der Waals surface area contributed by atoms with Crippen LogP contribution in [0.25, 0.3) is 0 Å². The van der Waals surface area contributed by atoms with Crippen molar-refractivity contribution in [2.75, 3.05) is 24.2 Å². The predicted molar refractivity (Wildman–Crippen MR) is 149 cm³/mol. The number of alkyl halides is 3. The number of rotatable bonds is 10. The smallest absolute Gasteiger partial charge is 0.357 e. The van der Waals surface area contributed by atoms with Gasteiger partial charge in [-0.2, -0.15) is 13.2 Å². The lowest BCUT2D eigenvalue weighted by molar-refractivity contribution is -0.139. The molecule has 0 saturated heterocycles. The molecule has 13 heteroatoms. The molecule has 0 unspecified atom stereocenters. The van der Waals surface area contributed by atoms with Crippen molar-refractivity contribution in [3.05, 3.63) is 99.5 Å². The fourth-order valence-electron chi connectivity index (χ4n) is 4.03. The molecule has 1 atom stereocenters. The van der Waals surface area contributed by atoms with Gasteiger partial charge in [-0.05, 0) is 35.4 Å². The van der Waals surface area contributed by atoms with Crippen LogP contribution in [-0.4, -0.2) is 51.0 Å². The highest BCUT2D eigenvalue weighted by molar-refractivity contribution is 7.92. The Morgan fingerprint density at radius 3 is 2.15 bits per heavy atom. The molecule has 0 radical (unpaired) electrons. The highest BCUT2D eigenvalue weighted by atomic mass is 35.5. The van der Waals surface area contributed by atoms with Gasteiger partial charge in [-0.15, -0.1) is 0 Å². The molecule has 0 spiro atoms. The highest BCUT2D eigenvalue weighted by Crippen LogP contribution is 2.37. The van der Waals surface area contributed by atoms with Crippen molar-refractivity contribution in [2.45, 2.75) is 25.2 Å². The van der Waals surface area contributed by atoms with Gasteiger partial charge in [-0.1, -0.05) is 71.7 Å². The third kappa shape index (κ3) is 7.89. The van der Waals surface area contributed by atoms with E-state index < -0.39 is 56.9 Å². The van der Waals surface area contributed by atoms with Gasteiger partial charge in [0.05, 0.1) is 22.5 Å². The van der Waals surface area contributed by atoms with Crippen LogP contribution in [0.2, 0.25) is 10.0 Å². The van der Waals surface area contributed by atoms with Crippen molar-refractivity contribution in [3.8, 4) is 0 Å². The normalized spacial score (nSPS) is 12.5. The number of benzene rings is 3. The van der Waals surface area contributed by atoms with E-state index in [4.69, 9.17) is 23.2 Å². The molecule has 40 heavy (non-hydrogen) atoms. The van der Waals surface area contributed by atoms with Crippen molar-refractivity contribution >= 4 is 50.7 Å². The second kappa shape index (κ2) is 12.9. The van der Waals surface area contributed by atoms with Gasteiger partial charge in [0.25, 0.3) is 0 Å². The number of nitrogens with zero attached hydrogens (tertiary/aromatic N) is 2. The summed E-state index contributed by atoms with van der Waals surface area (Å²) in [5.74, 6) is -1.36. The lowest BCUT2D eigenvalue weighted by Gasteiger charge is -2.33. The maximum Gasteiger partial charge on any atom is 0.417 e. The molecule has 0 saturated carbocycles. The number of hydrogen-bond donors (Lipinski definition) is 1. The minimum atomic E-state index is -4.86. The summed E-state index contributed by atoms with van der Waals surface area (Å²) in [6, 6.07) is 16.9. The standard InChI is InChI=1S/C27H26Cl2F3N3O4S/c1-33-26(37)24(14-18-8-4-3-5-9-18)34(16-19-10-6-7-11-22(19)28)25(36)17-35(40(2,38)39)20-12-13-23(29)21(15-20)27(30,31)32/h3-13,15,24H,14,16-17H2,1-2H3,(H,33,37)/t24-/m1/s1. The quantitative estimate of drug-likeness (QED) is 0.341. The minimum Gasteiger partial charge on any atom is -0.357 e. The van der Waals surface area contributed by atoms with Crippen LogP contribution in [0.15, 0.2) is 72.8 Å². The van der Waals surface area contributed by atoms with Gasteiger partial charge in [-0.25, -0.2) is 8.42 Å². The van der Waals surface area contributed by atoms with E-state index >= 15 is 0 Å². The first-order valence-electron chi connectivity index (χ1n) is 11.8. The molecular weight excluding hydrogens is 590 g/mol. The van der Waals surface area contributed by atoms with E-state index in [1.165, 1.54) is 11.9 Å².